The number of ether oxygens (including phenoxy) is 2. The van der Waals surface area contributed by atoms with Crippen molar-refractivity contribution in [2.24, 2.45) is 0 Å². The van der Waals surface area contributed by atoms with Crippen molar-refractivity contribution in [1.82, 2.24) is 0 Å². The third-order valence-corrected chi connectivity index (χ3v) is 5.95. The maximum atomic E-state index is 15.4. The highest BCUT2D eigenvalue weighted by atomic mass is 19.1. The van der Waals surface area contributed by atoms with E-state index in [9.17, 15) is 0 Å². The van der Waals surface area contributed by atoms with E-state index in [1.807, 2.05) is 0 Å². The van der Waals surface area contributed by atoms with Crippen molar-refractivity contribution >= 4 is 21.5 Å². The van der Waals surface area contributed by atoms with Crippen molar-refractivity contribution in [3.05, 3.63) is 96.1 Å². The first kappa shape index (κ1) is 21.8. The van der Waals surface area contributed by atoms with Crippen molar-refractivity contribution in [3.63, 3.8) is 0 Å². The van der Waals surface area contributed by atoms with E-state index < -0.39 is 28.8 Å². The van der Waals surface area contributed by atoms with Crippen LogP contribution in [0.25, 0.3) is 43.8 Å². The molecule has 0 bridgehead atoms. The molecule has 0 saturated heterocycles. The zero-order valence-electron chi connectivity index (χ0n) is 18.3. The van der Waals surface area contributed by atoms with Gasteiger partial charge in [-0.2, -0.15) is 0 Å². The van der Waals surface area contributed by atoms with Crippen molar-refractivity contribution in [2.45, 2.75) is 0 Å². The van der Waals surface area contributed by atoms with Crippen LogP contribution in [0.4, 0.5) is 17.6 Å². The highest BCUT2D eigenvalue weighted by molar-refractivity contribution is 6.21. The summed E-state index contributed by atoms with van der Waals surface area (Å²) in [7, 11) is 2.82. The topological polar surface area (TPSA) is 18.5 Å². The van der Waals surface area contributed by atoms with Gasteiger partial charge in [0, 0.05) is 34.0 Å². The van der Waals surface area contributed by atoms with E-state index in [1.54, 1.807) is 48.5 Å². The molecule has 0 saturated carbocycles. The summed E-state index contributed by atoms with van der Waals surface area (Å²) < 4.78 is 71.4. The van der Waals surface area contributed by atoms with Gasteiger partial charge in [-0.3, -0.25) is 0 Å². The quantitative estimate of drug-likeness (QED) is 0.200. The molecule has 0 unspecified atom stereocenters. The average Bonchev–Trinajstić information content (AvgIpc) is 2.85. The predicted octanol–water partition coefficient (Wildman–Crippen LogP) is 7.90. The van der Waals surface area contributed by atoms with Crippen LogP contribution in [0.2, 0.25) is 0 Å². The van der Waals surface area contributed by atoms with E-state index >= 15 is 17.6 Å². The number of fused-ring (bicyclic) bond motifs is 2. The molecule has 0 N–H and O–H groups in total. The second-order valence-corrected chi connectivity index (χ2v) is 7.77. The minimum absolute atomic E-state index is 0.0196. The first-order valence-corrected chi connectivity index (χ1v) is 10.4. The summed E-state index contributed by atoms with van der Waals surface area (Å²) in [4.78, 5) is 0. The molecule has 0 spiro atoms. The van der Waals surface area contributed by atoms with E-state index in [-0.39, 0.29) is 22.1 Å². The van der Waals surface area contributed by atoms with Gasteiger partial charge in [0.05, 0.1) is 19.8 Å². The van der Waals surface area contributed by atoms with Crippen LogP contribution in [0, 0.1) is 23.3 Å². The van der Waals surface area contributed by atoms with Crippen molar-refractivity contribution in [2.75, 3.05) is 14.2 Å². The normalized spacial score (nSPS) is 11.2. The first-order chi connectivity index (χ1) is 16.4. The lowest BCUT2D eigenvalue weighted by atomic mass is 9.85. The van der Waals surface area contributed by atoms with E-state index in [0.717, 1.165) is 24.3 Å². The van der Waals surface area contributed by atoms with E-state index in [0.29, 0.717) is 27.6 Å². The molecule has 170 valence electrons. The van der Waals surface area contributed by atoms with E-state index in [1.165, 1.54) is 14.2 Å². The van der Waals surface area contributed by atoms with Crippen LogP contribution in [0.1, 0.15) is 0 Å². The van der Waals surface area contributed by atoms with Crippen LogP contribution in [-0.2, 0) is 0 Å². The fourth-order valence-electron chi connectivity index (χ4n) is 4.45. The molecule has 0 aliphatic heterocycles. The molecule has 6 heteroatoms. The fourth-order valence-corrected chi connectivity index (χ4v) is 4.45. The average molecular weight is 462 g/mol. The third-order valence-electron chi connectivity index (χ3n) is 5.95. The summed E-state index contributed by atoms with van der Waals surface area (Å²) in [5.74, 6) is -2.80. The summed E-state index contributed by atoms with van der Waals surface area (Å²) >= 11 is 0. The van der Waals surface area contributed by atoms with E-state index in [2.05, 4.69) is 0 Å². The van der Waals surface area contributed by atoms with Gasteiger partial charge in [0.25, 0.3) is 0 Å². The van der Waals surface area contributed by atoms with Gasteiger partial charge in [-0.15, -0.1) is 0 Å². The lowest BCUT2D eigenvalue weighted by molar-refractivity contribution is 0.407. The Morgan fingerprint density at radius 2 is 1.00 bits per heavy atom. The van der Waals surface area contributed by atoms with Gasteiger partial charge in [-0.25, -0.2) is 17.6 Å². The fraction of sp³-hybridized carbons (Fsp3) is 0.0714. The van der Waals surface area contributed by atoms with Crippen LogP contribution < -0.4 is 9.47 Å². The highest BCUT2D eigenvalue weighted by Crippen LogP contribution is 2.47. The minimum atomic E-state index is -0.941. The van der Waals surface area contributed by atoms with Crippen LogP contribution >= 0.6 is 0 Å². The Morgan fingerprint density at radius 1 is 0.500 bits per heavy atom. The Morgan fingerprint density at radius 3 is 1.53 bits per heavy atom. The van der Waals surface area contributed by atoms with Crippen LogP contribution in [-0.4, -0.2) is 14.2 Å². The maximum absolute atomic E-state index is 15.4. The van der Waals surface area contributed by atoms with E-state index in [4.69, 9.17) is 9.47 Å². The lowest BCUT2D eigenvalue weighted by Crippen LogP contribution is -1.99. The Bertz CT molecular complexity index is 1540. The third kappa shape index (κ3) is 3.34. The van der Waals surface area contributed by atoms with Gasteiger partial charge in [0.1, 0.15) is 34.8 Å². The minimum Gasteiger partial charge on any atom is -0.497 e. The molecule has 5 rings (SSSR count). The highest BCUT2D eigenvalue weighted by Gasteiger charge is 2.25. The molecular weight excluding hydrogens is 444 g/mol. The molecule has 2 nitrogen and oxygen atoms in total. The van der Waals surface area contributed by atoms with Crippen molar-refractivity contribution in [1.29, 1.82) is 0 Å². The summed E-state index contributed by atoms with van der Waals surface area (Å²) in [5.41, 5.74) is 0.516. The Kier molecular flexibility index (Phi) is 5.36. The van der Waals surface area contributed by atoms with Gasteiger partial charge < -0.3 is 9.47 Å². The molecule has 0 aromatic heterocycles. The van der Waals surface area contributed by atoms with Crippen LogP contribution in [0.15, 0.2) is 72.8 Å². The molecule has 34 heavy (non-hydrogen) atoms. The zero-order chi connectivity index (χ0) is 24.0. The number of methoxy groups -OCH3 is 2. The van der Waals surface area contributed by atoms with Gasteiger partial charge in [0.2, 0.25) is 0 Å². The molecular formula is C28H18F4O2. The molecule has 0 radical (unpaired) electrons. The van der Waals surface area contributed by atoms with Crippen molar-refractivity contribution in [3.8, 4) is 33.8 Å². The number of benzene rings is 5. The summed E-state index contributed by atoms with van der Waals surface area (Å²) in [6.07, 6.45) is 0. The molecule has 5 aromatic rings. The van der Waals surface area contributed by atoms with Crippen molar-refractivity contribution < 1.29 is 27.0 Å². The summed E-state index contributed by atoms with van der Waals surface area (Å²) in [6, 6.07) is 17.7. The SMILES string of the molecule is COc1ccc(-c2c3ccccc3c(-c3c(F)cc(OC)cc3F)c3c(F)ccc(F)c23)cc1. The number of rotatable bonds is 4. The number of halogens is 4. The largest absolute Gasteiger partial charge is 0.497 e. The lowest BCUT2D eigenvalue weighted by Gasteiger charge is -2.19. The smallest absolute Gasteiger partial charge is 0.137 e. The molecule has 0 amide bonds. The monoisotopic (exact) mass is 462 g/mol. The van der Waals surface area contributed by atoms with Gasteiger partial charge >= 0.3 is 0 Å². The Labute approximate surface area is 193 Å². The summed E-state index contributed by atoms with van der Waals surface area (Å²) in [6.45, 7) is 0. The second-order valence-electron chi connectivity index (χ2n) is 7.77. The van der Waals surface area contributed by atoms with Crippen LogP contribution in [0.5, 0.6) is 11.5 Å². The molecule has 5 aromatic carbocycles. The van der Waals surface area contributed by atoms with Gasteiger partial charge in [-0.1, -0.05) is 36.4 Å². The second kappa shape index (κ2) is 8.37. The summed E-state index contributed by atoms with van der Waals surface area (Å²) in [5, 5.41) is 0.642. The molecule has 0 heterocycles. The standard InChI is InChI=1S/C28H18F4O2/c1-33-16-9-7-15(8-10-16)24-18-5-3-4-6-19(18)25(28-21(30)12-11-20(29)27(24)28)26-22(31)13-17(34-2)14-23(26)32/h3-14H,1-2H3. The first-order valence-electron chi connectivity index (χ1n) is 10.4. The molecule has 0 fully saturated rings. The van der Waals surface area contributed by atoms with Crippen LogP contribution in [0.3, 0.4) is 0 Å². The van der Waals surface area contributed by atoms with Gasteiger partial charge in [0.15, 0.2) is 0 Å². The zero-order valence-corrected chi connectivity index (χ0v) is 18.3. The molecule has 0 aliphatic carbocycles. The maximum Gasteiger partial charge on any atom is 0.137 e. The Balaban J connectivity index is 2.02. The predicted molar refractivity (Wildman–Crippen MR) is 125 cm³/mol. The number of hydrogen-bond acceptors (Lipinski definition) is 2. The van der Waals surface area contributed by atoms with Gasteiger partial charge in [-0.05, 0) is 40.6 Å². The molecule has 0 atom stereocenters. The molecule has 0 aliphatic rings. The number of hydrogen-bond donors (Lipinski definition) is 0. The Hall–Kier alpha value is -4.06.